The molecule has 0 radical (unpaired) electrons. The van der Waals surface area contributed by atoms with Gasteiger partial charge in [0.05, 0.1) is 20.1 Å². The number of amides is 1. The Morgan fingerprint density at radius 3 is 2.78 bits per heavy atom. The molecule has 3 heterocycles. The molecule has 2 aliphatic heterocycles. The number of ether oxygens (including phenoxy) is 1. The lowest BCUT2D eigenvalue weighted by Crippen LogP contribution is -2.40. The van der Waals surface area contributed by atoms with Crippen molar-refractivity contribution < 1.29 is 9.53 Å². The molecular formula is C20H27N5O2. The zero-order valence-corrected chi connectivity index (χ0v) is 16.1. The van der Waals surface area contributed by atoms with Crippen molar-refractivity contribution >= 4 is 5.91 Å². The minimum atomic E-state index is 0.123. The third-order valence-corrected chi connectivity index (χ3v) is 5.71. The molecule has 1 aromatic heterocycles. The molecule has 1 aromatic carbocycles. The summed E-state index contributed by atoms with van der Waals surface area (Å²) in [6.45, 7) is 4.26. The standard InChI is InChI=1S/C20H27N5O2/c1-23-8-6-16(7-9-23)20-22-21-18-14-24(10-11-25(18)20)19(26)13-15-4-3-5-17(12-15)27-2/h3-5,12,16H,6-11,13-14H2,1-2H3. The number of piperidine rings is 1. The number of nitrogens with zero attached hydrogens (tertiary/aromatic N) is 5. The summed E-state index contributed by atoms with van der Waals surface area (Å²) in [5.74, 6) is 3.41. The van der Waals surface area contributed by atoms with Gasteiger partial charge in [0.25, 0.3) is 0 Å². The van der Waals surface area contributed by atoms with E-state index in [1.807, 2.05) is 29.2 Å². The van der Waals surface area contributed by atoms with Crippen molar-refractivity contribution in [2.45, 2.75) is 38.3 Å². The Morgan fingerprint density at radius 1 is 1.19 bits per heavy atom. The van der Waals surface area contributed by atoms with E-state index in [1.165, 1.54) is 0 Å². The number of hydrogen-bond donors (Lipinski definition) is 0. The largest absolute Gasteiger partial charge is 0.497 e. The zero-order chi connectivity index (χ0) is 18.8. The first-order valence-electron chi connectivity index (χ1n) is 9.65. The number of likely N-dealkylation sites (tertiary alicyclic amines) is 1. The van der Waals surface area contributed by atoms with Crippen molar-refractivity contribution in [1.82, 2.24) is 24.6 Å². The van der Waals surface area contributed by atoms with Gasteiger partial charge in [-0.3, -0.25) is 4.79 Å². The van der Waals surface area contributed by atoms with E-state index in [1.54, 1.807) is 7.11 Å². The molecule has 0 atom stereocenters. The lowest BCUT2D eigenvalue weighted by atomic mass is 9.96. The number of carbonyl (C=O) groups is 1. The Bertz CT molecular complexity index is 810. The molecule has 4 rings (SSSR count). The number of hydrogen-bond acceptors (Lipinski definition) is 5. The monoisotopic (exact) mass is 369 g/mol. The minimum Gasteiger partial charge on any atom is -0.497 e. The second-order valence-corrected chi connectivity index (χ2v) is 7.55. The first-order chi connectivity index (χ1) is 13.1. The number of aromatic nitrogens is 3. The third-order valence-electron chi connectivity index (χ3n) is 5.71. The Labute approximate surface area is 159 Å². The predicted octanol–water partition coefficient (Wildman–Crippen LogP) is 1.68. The summed E-state index contributed by atoms with van der Waals surface area (Å²) in [4.78, 5) is 17.0. The second kappa shape index (κ2) is 7.68. The van der Waals surface area contributed by atoms with E-state index < -0.39 is 0 Å². The number of benzene rings is 1. The highest BCUT2D eigenvalue weighted by molar-refractivity contribution is 5.79. The first-order valence-corrected chi connectivity index (χ1v) is 9.65. The smallest absolute Gasteiger partial charge is 0.227 e. The van der Waals surface area contributed by atoms with Gasteiger partial charge in [0.15, 0.2) is 5.82 Å². The van der Waals surface area contributed by atoms with Crippen LogP contribution in [0.5, 0.6) is 5.75 Å². The lowest BCUT2D eigenvalue weighted by molar-refractivity contribution is -0.132. The van der Waals surface area contributed by atoms with Gasteiger partial charge in [-0.15, -0.1) is 10.2 Å². The number of rotatable bonds is 4. The average Bonchev–Trinajstić information content (AvgIpc) is 3.12. The molecule has 0 bridgehead atoms. The predicted molar refractivity (Wildman–Crippen MR) is 102 cm³/mol. The topological polar surface area (TPSA) is 63.5 Å². The lowest BCUT2D eigenvalue weighted by Gasteiger charge is -2.31. The summed E-state index contributed by atoms with van der Waals surface area (Å²) >= 11 is 0. The molecule has 0 aliphatic carbocycles. The molecule has 0 spiro atoms. The molecule has 2 aromatic rings. The molecular weight excluding hydrogens is 342 g/mol. The highest BCUT2D eigenvalue weighted by atomic mass is 16.5. The van der Waals surface area contributed by atoms with Crippen molar-refractivity contribution in [2.24, 2.45) is 0 Å². The van der Waals surface area contributed by atoms with E-state index >= 15 is 0 Å². The van der Waals surface area contributed by atoms with Gasteiger partial charge in [-0.2, -0.15) is 0 Å². The van der Waals surface area contributed by atoms with E-state index in [-0.39, 0.29) is 5.91 Å². The molecule has 0 N–H and O–H groups in total. The summed E-state index contributed by atoms with van der Waals surface area (Å²) in [5.41, 5.74) is 0.971. The van der Waals surface area contributed by atoms with Gasteiger partial charge in [-0.25, -0.2) is 0 Å². The Hall–Kier alpha value is -2.41. The fourth-order valence-corrected chi connectivity index (χ4v) is 4.03. The zero-order valence-electron chi connectivity index (χ0n) is 16.1. The van der Waals surface area contributed by atoms with Gasteiger partial charge in [-0.1, -0.05) is 12.1 Å². The van der Waals surface area contributed by atoms with Gasteiger partial charge < -0.3 is 19.1 Å². The van der Waals surface area contributed by atoms with Crippen LogP contribution in [0.15, 0.2) is 24.3 Å². The van der Waals surface area contributed by atoms with Crippen LogP contribution in [0.4, 0.5) is 0 Å². The van der Waals surface area contributed by atoms with E-state index in [9.17, 15) is 4.79 Å². The van der Waals surface area contributed by atoms with E-state index in [4.69, 9.17) is 4.74 Å². The normalized spacial score (nSPS) is 18.4. The van der Waals surface area contributed by atoms with Crippen LogP contribution in [0.25, 0.3) is 0 Å². The van der Waals surface area contributed by atoms with Crippen LogP contribution in [0.2, 0.25) is 0 Å². The van der Waals surface area contributed by atoms with Crippen LogP contribution in [-0.2, 0) is 24.3 Å². The van der Waals surface area contributed by atoms with Gasteiger partial charge in [0.1, 0.15) is 11.6 Å². The second-order valence-electron chi connectivity index (χ2n) is 7.55. The summed E-state index contributed by atoms with van der Waals surface area (Å²) in [7, 11) is 3.81. The maximum Gasteiger partial charge on any atom is 0.227 e. The third kappa shape index (κ3) is 3.83. The van der Waals surface area contributed by atoms with Gasteiger partial charge in [0, 0.05) is 19.0 Å². The highest BCUT2D eigenvalue weighted by Gasteiger charge is 2.29. The molecule has 2 aliphatic rings. The maximum atomic E-state index is 12.7. The van der Waals surface area contributed by atoms with Crippen molar-refractivity contribution in [3.05, 3.63) is 41.5 Å². The molecule has 144 valence electrons. The highest BCUT2D eigenvalue weighted by Crippen LogP contribution is 2.28. The van der Waals surface area contributed by atoms with E-state index in [0.717, 1.165) is 55.4 Å². The molecule has 0 saturated carbocycles. The maximum absolute atomic E-state index is 12.7. The quantitative estimate of drug-likeness (QED) is 0.821. The van der Waals surface area contributed by atoms with Crippen LogP contribution in [0, 0.1) is 0 Å². The van der Waals surface area contributed by atoms with Crippen LogP contribution in [-0.4, -0.2) is 64.3 Å². The van der Waals surface area contributed by atoms with Crippen molar-refractivity contribution in [2.75, 3.05) is 33.8 Å². The van der Waals surface area contributed by atoms with Gasteiger partial charge >= 0.3 is 0 Å². The minimum absolute atomic E-state index is 0.123. The van der Waals surface area contributed by atoms with Crippen molar-refractivity contribution in [1.29, 1.82) is 0 Å². The molecule has 27 heavy (non-hydrogen) atoms. The first kappa shape index (κ1) is 18.0. The van der Waals surface area contributed by atoms with Crippen LogP contribution < -0.4 is 4.74 Å². The fraction of sp³-hybridized carbons (Fsp3) is 0.550. The summed E-state index contributed by atoms with van der Waals surface area (Å²) in [6.07, 6.45) is 2.65. The molecule has 1 fully saturated rings. The van der Waals surface area contributed by atoms with Crippen LogP contribution in [0.3, 0.4) is 0 Å². The van der Waals surface area contributed by atoms with E-state index in [0.29, 0.717) is 25.4 Å². The average molecular weight is 369 g/mol. The van der Waals surface area contributed by atoms with Crippen molar-refractivity contribution in [3.8, 4) is 5.75 Å². The summed E-state index contributed by atoms with van der Waals surface area (Å²) < 4.78 is 7.49. The molecule has 0 unspecified atom stereocenters. The van der Waals surface area contributed by atoms with Crippen LogP contribution in [0.1, 0.15) is 36.0 Å². The molecule has 7 heteroatoms. The van der Waals surface area contributed by atoms with Crippen molar-refractivity contribution in [3.63, 3.8) is 0 Å². The Kier molecular flexibility index (Phi) is 5.11. The molecule has 1 saturated heterocycles. The number of methoxy groups -OCH3 is 1. The van der Waals surface area contributed by atoms with Gasteiger partial charge in [0.2, 0.25) is 5.91 Å². The fourth-order valence-electron chi connectivity index (χ4n) is 4.03. The SMILES string of the molecule is COc1cccc(CC(=O)N2CCn3c(nnc3C3CCN(C)CC3)C2)c1. The Balaban J connectivity index is 1.42. The van der Waals surface area contributed by atoms with Gasteiger partial charge in [-0.05, 0) is 50.7 Å². The number of fused-ring (bicyclic) bond motifs is 1. The molecule has 1 amide bonds. The van der Waals surface area contributed by atoms with Crippen LogP contribution >= 0.6 is 0 Å². The number of carbonyl (C=O) groups excluding carboxylic acids is 1. The Morgan fingerprint density at radius 2 is 2.00 bits per heavy atom. The molecule has 7 nitrogen and oxygen atoms in total. The summed E-state index contributed by atoms with van der Waals surface area (Å²) in [5, 5.41) is 8.89. The summed E-state index contributed by atoms with van der Waals surface area (Å²) in [6, 6.07) is 7.69. The van der Waals surface area contributed by atoms with E-state index in [2.05, 4.69) is 26.7 Å².